The molecule has 96 valence electrons. The zero-order chi connectivity index (χ0) is 13.8. The Kier molecular flexibility index (Phi) is 4.02. The molecule has 2 aromatic rings. The smallest absolute Gasteiger partial charge is 0.186 e. The molecule has 0 fully saturated rings. The number of aromatic hydroxyl groups is 2. The van der Waals surface area contributed by atoms with E-state index < -0.39 is 0 Å². The van der Waals surface area contributed by atoms with Crippen molar-refractivity contribution in [3.05, 3.63) is 64.1 Å². The molecule has 2 rings (SSSR count). The lowest BCUT2D eigenvalue weighted by molar-refractivity contribution is 0.104. The highest BCUT2D eigenvalue weighted by Crippen LogP contribution is 2.24. The first kappa shape index (κ1) is 13.4. The zero-order valence-corrected chi connectivity index (χ0v) is 11.5. The van der Waals surface area contributed by atoms with Crippen molar-refractivity contribution in [2.75, 3.05) is 0 Å². The number of hydrogen-bond donors (Lipinski definition) is 2. The molecule has 0 saturated heterocycles. The van der Waals surface area contributed by atoms with Crippen molar-refractivity contribution < 1.29 is 15.0 Å². The van der Waals surface area contributed by atoms with Gasteiger partial charge in [-0.15, -0.1) is 0 Å². The Bertz CT molecular complexity index is 648. The molecule has 0 aromatic heterocycles. The number of benzene rings is 2. The van der Waals surface area contributed by atoms with Gasteiger partial charge in [-0.25, -0.2) is 0 Å². The molecule has 2 aromatic carbocycles. The molecule has 0 atom stereocenters. The van der Waals surface area contributed by atoms with Crippen LogP contribution >= 0.6 is 15.9 Å². The van der Waals surface area contributed by atoms with Crippen LogP contribution in [0.2, 0.25) is 0 Å². The molecular formula is C15H11BrO3. The molecule has 0 aliphatic carbocycles. The third kappa shape index (κ3) is 3.23. The van der Waals surface area contributed by atoms with Crippen molar-refractivity contribution >= 4 is 27.8 Å². The molecular weight excluding hydrogens is 308 g/mol. The summed E-state index contributed by atoms with van der Waals surface area (Å²) in [7, 11) is 0. The van der Waals surface area contributed by atoms with Gasteiger partial charge in [0.2, 0.25) is 0 Å². The van der Waals surface area contributed by atoms with Crippen LogP contribution in [0.5, 0.6) is 11.5 Å². The van der Waals surface area contributed by atoms with Gasteiger partial charge in [-0.3, -0.25) is 4.79 Å². The lowest BCUT2D eigenvalue weighted by Gasteiger charge is -2.01. The minimum Gasteiger partial charge on any atom is -0.508 e. The standard InChI is InChI=1S/C15H11BrO3/c16-13-4-2-1-3-12(13)15(19)7-5-10-9-11(17)6-8-14(10)18/h1-9,17-18H/b7-5+. The van der Waals surface area contributed by atoms with Crippen LogP contribution in [0.15, 0.2) is 53.0 Å². The summed E-state index contributed by atoms with van der Waals surface area (Å²) in [6.45, 7) is 0. The first-order valence-electron chi connectivity index (χ1n) is 5.57. The summed E-state index contributed by atoms with van der Waals surface area (Å²) in [5, 5.41) is 18.9. The maximum absolute atomic E-state index is 12.0. The third-order valence-electron chi connectivity index (χ3n) is 2.56. The van der Waals surface area contributed by atoms with Gasteiger partial charge in [0.1, 0.15) is 11.5 Å². The number of ketones is 1. The molecule has 0 aliphatic heterocycles. The summed E-state index contributed by atoms with van der Waals surface area (Å²) in [5.41, 5.74) is 0.929. The minimum atomic E-state index is -0.185. The summed E-state index contributed by atoms with van der Waals surface area (Å²) in [5.74, 6) is -0.144. The van der Waals surface area contributed by atoms with Gasteiger partial charge in [0.05, 0.1) is 0 Å². The van der Waals surface area contributed by atoms with Gasteiger partial charge in [0, 0.05) is 15.6 Å². The number of carbonyl (C=O) groups excluding carboxylic acids is 1. The molecule has 0 bridgehead atoms. The van der Waals surface area contributed by atoms with Gasteiger partial charge in [-0.05, 0) is 42.5 Å². The molecule has 0 saturated carbocycles. The van der Waals surface area contributed by atoms with E-state index in [1.807, 2.05) is 6.07 Å². The number of allylic oxidation sites excluding steroid dienone is 1. The lowest BCUT2D eigenvalue weighted by Crippen LogP contribution is -1.94. The van der Waals surface area contributed by atoms with E-state index in [2.05, 4.69) is 15.9 Å². The SMILES string of the molecule is O=C(/C=C/c1cc(O)ccc1O)c1ccccc1Br. The predicted molar refractivity (Wildman–Crippen MR) is 77.3 cm³/mol. The van der Waals surface area contributed by atoms with Gasteiger partial charge in [0.25, 0.3) is 0 Å². The summed E-state index contributed by atoms with van der Waals surface area (Å²) >= 11 is 3.31. The van der Waals surface area contributed by atoms with Crippen LogP contribution in [-0.2, 0) is 0 Å². The third-order valence-corrected chi connectivity index (χ3v) is 3.26. The Labute approximate surface area is 119 Å². The van der Waals surface area contributed by atoms with E-state index in [9.17, 15) is 15.0 Å². The highest BCUT2D eigenvalue weighted by molar-refractivity contribution is 9.10. The molecule has 0 amide bonds. The molecule has 2 N–H and O–H groups in total. The quantitative estimate of drug-likeness (QED) is 0.514. The number of halogens is 1. The Morgan fingerprint density at radius 1 is 1.11 bits per heavy atom. The normalized spacial score (nSPS) is 10.8. The summed E-state index contributed by atoms with van der Waals surface area (Å²) in [4.78, 5) is 12.0. The van der Waals surface area contributed by atoms with Crippen molar-refractivity contribution in [1.82, 2.24) is 0 Å². The van der Waals surface area contributed by atoms with E-state index in [-0.39, 0.29) is 17.3 Å². The molecule has 4 heteroatoms. The highest BCUT2D eigenvalue weighted by Gasteiger charge is 2.06. The zero-order valence-electron chi connectivity index (χ0n) is 9.88. The van der Waals surface area contributed by atoms with Crippen LogP contribution in [0.4, 0.5) is 0 Å². The Morgan fingerprint density at radius 3 is 2.58 bits per heavy atom. The molecule has 0 radical (unpaired) electrons. The Hall–Kier alpha value is -2.07. The average Bonchev–Trinajstić information content (AvgIpc) is 2.40. The average molecular weight is 319 g/mol. The predicted octanol–water partition coefficient (Wildman–Crippen LogP) is 3.76. The van der Waals surface area contributed by atoms with Gasteiger partial charge >= 0.3 is 0 Å². The first-order chi connectivity index (χ1) is 9.08. The molecule has 19 heavy (non-hydrogen) atoms. The van der Waals surface area contributed by atoms with Gasteiger partial charge in [-0.2, -0.15) is 0 Å². The van der Waals surface area contributed by atoms with Crippen LogP contribution in [0.1, 0.15) is 15.9 Å². The van der Waals surface area contributed by atoms with Gasteiger partial charge in [0.15, 0.2) is 5.78 Å². The second-order valence-corrected chi connectivity index (χ2v) is 4.77. The van der Waals surface area contributed by atoms with Crippen LogP contribution in [0.25, 0.3) is 6.08 Å². The number of carbonyl (C=O) groups is 1. The summed E-state index contributed by atoms with van der Waals surface area (Å²) in [6, 6.07) is 11.2. The summed E-state index contributed by atoms with van der Waals surface area (Å²) in [6.07, 6.45) is 2.82. The first-order valence-corrected chi connectivity index (χ1v) is 6.36. The molecule has 3 nitrogen and oxygen atoms in total. The maximum atomic E-state index is 12.0. The van der Waals surface area contributed by atoms with Gasteiger partial charge < -0.3 is 10.2 Å². The largest absolute Gasteiger partial charge is 0.508 e. The van der Waals surface area contributed by atoms with Crippen molar-refractivity contribution in [2.24, 2.45) is 0 Å². The van der Waals surface area contributed by atoms with E-state index in [1.165, 1.54) is 30.4 Å². The van der Waals surface area contributed by atoms with E-state index in [1.54, 1.807) is 18.2 Å². The number of phenols is 2. The maximum Gasteiger partial charge on any atom is 0.186 e. The summed E-state index contributed by atoms with van der Waals surface area (Å²) < 4.78 is 0.713. The fourth-order valence-corrected chi connectivity index (χ4v) is 2.07. The molecule has 0 aliphatic rings. The highest BCUT2D eigenvalue weighted by atomic mass is 79.9. The van der Waals surface area contributed by atoms with E-state index >= 15 is 0 Å². The minimum absolute atomic E-state index is 0.00831. The molecule has 0 heterocycles. The fraction of sp³-hybridized carbons (Fsp3) is 0. The van der Waals surface area contributed by atoms with E-state index in [0.29, 0.717) is 15.6 Å². The van der Waals surface area contributed by atoms with Crippen molar-refractivity contribution in [3.8, 4) is 11.5 Å². The van der Waals surface area contributed by atoms with Crippen molar-refractivity contribution in [2.45, 2.75) is 0 Å². The van der Waals surface area contributed by atoms with Crippen molar-refractivity contribution in [1.29, 1.82) is 0 Å². The molecule has 0 spiro atoms. The lowest BCUT2D eigenvalue weighted by atomic mass is 10.1. The fourth-order valence-electron chi connectivity index (χ4n) is 1.59. The van der Waals surface area contributed by atoms with Crippen LogP contribution in [-0.4, -0.2) is 16.0 Å². The monoisotopic (exact) mass is 318 g/mol. The number of rotatable bonds is 3. The van der Waals surface area contributed by atoms with Crippen molar-refractivity contribution in [3.63, 3.8) is 0 Å². The number of hydrogen-bond acceptors (Lipinski definition) is 3. The van der Waals surface area contributed by atoms with Crippen LogP contribution in [0, 0.1) is 0 Å². The number of phenolic OH excluding ortho intramolecular Hbond substituents is 2. The second kappa shape index (κ2) is 5.71. The Morgan fingerprint density at radius 2 is 1.84 bits per heavy atom. The Balaban J connectivity index is 2.26. The van der Waals surface area contributed by atoms with Gasteiger partial charge in [-0.1, -0.05) is 28.1 Å². The topological polar surface area (TPSA) is 57.5 Å². The van der Waals surface area contributed by atoms with Crippen LogP contribution < -0.4 is 0 Å². The van der Waals surface area contributed by atoms with Crippen LogP contribution in [0.3, 0.4) is 0 Å². The van der Waals surface area contributed by atoms with E-state index in [4.69, 9.17) is 0 Å². The second-order valence-electron chi connectivity index (χ2n) is 3.92. The van der Waals surface area contributed by atoms with E-state index in [0.717, 1.165) is 0 Å². The molecule has 0 unspecified atom stereocenters.